The van der Waals surface area contributed by atoms with E-state index in [0.29, 0.717) is 18.1 Å². The summed E-state index contributed by atoms with van der Waals surface area (Å²) < 4.78 is 10.8. The standard InChI is InChI=1S/C11H19N3O2/c1-3-8(12)7-9-13-10(14-16-9)11(2)5-4-6-15-11/h8H,3-7,12H2,1-2H3. The Bertz CT molecular complexity index is 345. The van der Waals surface area contributed by atoms with Crippen LogP contribution in [0.4, 0.5) is 0 Å². The Labute approximate surface area is 95.3 Å². The summed E-state index contributed by atoms with van der Waals surface area (Å²) in [6.45, 7) is 4.83. The van der Waals surface area contributed by atoms with Crippen molar-refractivity contribution in [2.45, 2.75) is 51.2 Å². The van der Waals surface area contributed by atoms with E-state index in [0.717, 1.165) is 25.9 Å². The fourth-order valence-electron chi connectivity index (χ4n) is 1.88. The molecule has 5 nitrogen and oxygen atoms in total. The highest BCUT2D eigenvalue weighted by atomic mass is 16.5. The Kier molecular flexibility index (Phi) is 3.25. The smallest absolute Gasteiger partial charge is 0.228 e. The maximum absolute atomic E-state index is 5.84. The lowest BCUT2D eigenvalue weighted by atomic mass is 10.0. The van der Waals surface area contributed by atoms with E-state index in [1.165, 1.54) is 0 Å². The van der Waals surface area contributed by atoms with Gasteiger partial charge in [-0.3, -0.25) is 0 Å². The molecule has 90 valence electrons. The van der Waals surface area contributed by atoms with Crippen molar-refractivity contribution in [1.29, 1.82) is 0 Å². The summed E-state index contributed by atoms with van der Waals surface area (Å²) in [5.41, 5.74) is 5.48. The molecular formula is C11H19N3O2. The molecule has 1 aromatic rings. The van der Waals surface area contributed by atoms with Crippen LogP contribution in [0.1, 0.15) is 44.8 Å². The number of nitrogens with zero attached hydrogens (tertiary/aromatic N) is 2. The summed E-state index contributed by atoms with van der Waals surface area (Å²) in [4.78, 5) is 4.37. The monoisotopic (exact) mass is 225 g/mol. The zero-order chi connectivity index (χ0) is 11.6. The maximum atomic E-state index is 5.84. The zero-order valence-electron chi connectivity index (χ0n) is 9.90. The second-order valence-electron chi connectivity index (χ2n) is 4.57. The topological polar surface area (TPSA) is 74.2 Å². The highest BCUT2D eigenvalue weighted by molar-refractivity contribution is 5.02. The number of aromatic nitrogens is 2. The van der Waals surface area contributed by atoms with Crippen molar-refractivity contribution in [2.75, 3.05) is 6.61 Å². The predicted molar refractivity (Wildman–Crippen MR) is 58.8 cm³/mol. The molecule has 1 saturated heterocycles. The summed E-state index contributed by atoms with van der Waals surface area (Å²) in [5, 5.41) is 3.99. The van der Waals surface area contributed by atoms with Gasteiger partial charge in [-0.05, 0) is 26.2 Å². The van der Waals surface area contributed by atoms with E-state index in [2.05, 4.69) is 10.1 Å². The van der Waals surface area contributed by atoms with Crippen LogP contribution in [0.25, 0.3) is 0 Å². The van der Waals surface area contributed by atoms with Crippen LogP contribution in [-0.2, 0) is 16.8 Å². The minimum absolute atomic E-state index is 0.0885. The molecule has 2 unspecified atom stereocenters. The van der Waals surface area contributed by atoms with Crippen molar-refractivity contribution in [1.82, 2.24) is 10.1 Å². The first-order valence-electron chi connectivity index (χ1n) is 5.86. The van der Waals surface area contributed by atoms with Crippen molar-refractivity contribution in [3.05, 3.63) is 11.7 Å². The van der Waals surface area contributed by atoms with Gasteiger partial charge >= 0.3 is 0 Å². The molecule has 0 aromatic carbocycles. The van der Waals surface area contributed by atoms with E-state index in [1.54, 1.807) is 0 Å². The largest absolute Gasteiger partial charge is 0.367 e. The molecular weight excluding hydrogens is 206 g/mol. The van der Waals surface area contributed by atoms with Crippen LogP contribution < -0.4 is 5.73 Å². The quantitative estimate of drug-likeness (QED) is 0.837. The Morgan fingerprint density at radius 1 is 1.56 bits per heavy atom. The number of hydrogen-bond donors (Lipinski definition) is 1. The van der Waals surface area contributed by atoms with E-state index in [9.17, 15) is 0 Å². The number of ether oxygens (including phenoxy) is 1. The second kappa shape index (κ2) is 4.51. The highest BCUT2D eigenvalue weighted by Crippen LogP contribution is 2.33. The normalized spacial score (nSPS) is 27.2. The third-order valence-electron chi connectivity index (χ3n) is 3.12. The molecule has 2 heterocycles. The third kappa shape index (κ3) is 2.25. The molecule has 0 saturated carbocycles. The summed E-state index contributed by atoms with van der Waals surface area (Å²) in [6.07, 6.45) is 3.55. The average molecular weight is 225 g/mol. The number of hydrogen-bond acceptors (Lipinski definition) is 5. The molecule has 5 heteroatoms. The van der Waals surface area contributed by atoms with Crippen LogP contribution in [0.5, 0.6) is 0 Å². The fraction of sp³-hybridized carbons (Fsp3) is 0.818. The van der Waals surface area contributed by atoms with E-state index < -0.39 is 0 Å². The van der Waals surface area contributed by atoms with Crippen molar-refractivity contribution in [3.8, 4) is 0 Å². The van der Waals surface area contributed by atoms with Gasteiger partial charge in [-0.15, -0.1) is 0 Å². The minimum atomic E-state index is -0.363. The molecule has 0 amide bonds. The van der Waals surface area contributed by atoms with Gasteiger partial charge in [-0.25, -0.2) is 0 Å². The Hall–Kier alpha value is -0.940. The number of rotatable bonds is 4. The molecule has 2 rings (SSSR count). The van der Waals surface area contributed by atoms with Crippen LogP contribution in [0.2, 0.25) is 0 Å². The Balaban J connectivity index is 2.07. The molecule has 2 N–H and O–H groups in total. The molecule has 0 spiro atoms. The Morgan fingerprint density at radius 2 is 2.38 bits per heavy atom. The van der Waals surface area contributed by atoms with E-state index in [1.807, 2.05) is 13.8 Å². The lowest BCUT2D eigenvalue weighted by Gasteiger charge is -2.17. The van der Waals surface area contributed by atoms with Crippen LogP contribution in [0, 0.1) is 0 Å². The lowest BCUT2D eigenvalue weighted by Crippen LogP contribution is -2.23. The van der Waals surface area contributed by atoms with Gasteiger partial charge in [0.05, 0.1) is 0 Å². The summed E-state index contributed by atoms with van der Waals surface area (Å²) in [5.74, 6) is 1.27. The van der Waals surface area contributed by atoms with Gasteiger partial charge in [0.15, 0.2) is 0 Å². The van der Waals surface area contributed by atoms with Gasteiger partial charge in [-0.2, -0.15) is 4.98 Å². The van der Waals surface area contributed by atoms with Crippen molar-refractivity contribution in [2.24, 2.45) is 5.73 Å². The molecule has 1 aromatic heterocycles. The molecule has 1 fully saturated rings. The van der Waals surface area contributed by atoms with Crippen LogP contribution in [-0.4, -0.2) is 22.8 Å². The van der Waals surface area contributed by atoms with Crippen LogP contribution in [0.15, 0.2) is 4.52 Å². The van der Waals surface area contributed by atoms with E-state index in [-0.39, 0.29) is 11.6 Å². The summed E-state index contributed by atoms with van der Waals surface area (Å²) >= 11 is 0. The molecule has 2 atom stereocenters. The minimum Gasteiger partial charge on any atom is -0.367 e. The first-order chi connectivity index (χ1) is 7.64. The third-order valence-corrected chi connectivity index (χ3v) is 3.12. The van der Waals surface area contributed by atoms with Crippen LogP contribution >= 0.6 is 0 Å². The fourth-order valence-corrected chi connectivity index (χ4v) is 1.88. The van der Waals surface area contributed by atoms with Crippen molar-refractivity contribution < 1.29 is 9.26 Å². The van der Waals surface area contributed by atoms with E-state index >= 15 is 0 Å². The molecule has 16 heavy (non-hydrogen) atoms. The molecule has 1 aliphatic rings. The first-order valence-corrected chi connectivity index (χ1v) is 5.86. The van der Waals surface area contributed by atoms with Gasteiger partial charge in [-0.1, -0.05) is 12.1 Å². The molecule has 1 aliphatic heterocycles. The molecule has 0 radical (unpaired) electrons. The van der Waals surface area contributed by atoms with Gasteiger partial charge in [0, 0.05) is 19.1 Å². The second-order valence-corrected chi connectivity index (χ2v) is 4.57. The maximum Gasteiger partial charge on any atom is 0.228 e. The summed E-state index contributed by atoms with van der Waals surface area (Å²) in [6, 6.07) is 0.0885. The van der Waals surface area contributed by atoms with Gasteiger partial charge in [0.2, 0.25) is 11.7 Å². The first kappa shape index (κ1) is 11.5. The highest BCUT2D eigenvalue weighted by Gasteiger charge is 2.36. The summed E-state index contributed by atoms with van der Waals surface area (Å²) in [7, 11) is 0. The lowest BCUT2D eigenvalue weighted by molar-refractivity contribution is 0.00768. The van der Waals surface area contributed by atoms with Crippen molar-refractivity contribution >= 4 is 0 Å². The van der Waals surface area contributed by atoms with Crippen molar-refractivity contribution in [3.63, 3.8) is 0 Å². The molecule has 0 aliphatic carbocycles. The zero-order valence-corrected chi connectivity index (χ0v) is 9.90. The average Bonchev–Trinajstić information content (AvgIpc) is 2.88. The van der Waals surface area contributed by atoms with Gasteiger partial charge in [0.25, 0.3) is 0 Å². The van der Waals surface area contributed by atoms with Gasteiger partial charge in [0.1, 0.15) is 5.60 Å². The van der Waals surface area contributed by atoms with Crippen LogP contribution in [0.3, 0.4) is 0 Å². The van der Waals surface area contributed by atoms with Gasteiger partial charge < -0.3 is 15.0 Å². The van der Waals surface area contributed by atoms with E-state index in [4.69, 9.17) is 15.0 Å². The predicted octanol–water partition coefficient (Wildman–Crippen LogP) is 1.37. The SMILES string of the molecule is CCC(N)Cc1nc(C2(C)CCCO2)no1. The number of nitrogens with two attached hydrogens (primary N) is 1. The molecule has 0 bridgehead atoms. The Morgan fingerprint density at radius 3 is 3.00 bits per heavy atom.